The van der Waals surface area contributed by atoms with Crippen molar-refractivity contribution in [3.05, 3.63) is 60.7 Å². The van der Waals surface area contributed by atoms with Gasteiger partial charge in [0.25, 0.3) is 0 Å². The number of aliphatic hydroxyl groups excluding tert-OH is 1. The molecule has 2 atom stereocenters. The molecule has 1 aliphatic carbocycles. The van der Waals surface area contributed by atoms with Crippen molar-refractivity contribution in [3.8, 4) is 0 Å². The number of rotatable bonds is 7. The number of halogens is 3. The number of piperidine rings is 2. The Morgan fingerprint density at radius 2 is 1.60 bits per heavy atom. The van der Waals surface area contributed by atoms with Crippen LogP contribution in [0.5, 0.6) is 0 Å². The van der Waals surface area contributed by atoms with E-state index in [1.807, 2.05) is 17.2 Å². The number of hydrogen-bond acceptors (Lipinski definition) is 5. The van der Waals surface area contributed by atoms with Gasteiger partial charge in [0, 0.05) is 65.1 Å². The number of aliphatic hydroxyl groups is 1. The first kappa shape index (κ1) is 31.6. The second kappa shape index (κ2) is 13.9. The Labute approximate surface area is 269 Å². The fraction of sp³-hybridized carbons (Fsp3) is 0.562. The van der Waals surface area contributed by atoms with E-state index in [2.05, 4.69) is 44.0 Å². The molecule has 1 aromatic carbocycles. The normalized spacial score (nSPS) is 20.5. The lowest BCUT2D eigenvalue weighted by atomic mass is 9.76. The van der Waals surface area contributed by atoms with Crippen LogP contribution in [-0.2, 0) is 27.2 Å². The highest BCUT2D eigenvalue weighted by Gasteiger charge is 2.37. The van der Waals surface area contributed by atoms with E-state index in [1.165, 1.54) is 23.6 Å². The van der Waals surface area contributed by atoms with Gasteiger partial charge in [-0.2, -0.15) is 0 Å². The second-order valence-electron chi connectivity index (χ2n) is 12.1. The first-order valence-electron chi connectivity index (χ1n) is 14.9. The number of amides is 2. The zero-order valence-corrected chi connectivity index (χ0v) is 27.9. The van der Waals surface area contributed by atoms with E-state index < -0.39 is 6.10 Å². The average Bonchev–Trinajstić information content (AvgIpc) is 3.09. The highest BCUT2D eigenvalue weighted by Crippen LogP contribution is 2.46. The van der Waals surface area contributed by atoms with Crippen LogP contribution in [0.15, 0.2) is 33.3 Å². The van der Waals surface area contributed by atoms with E-state index in [1.54, 1.807) is 4.90 Å². The third-order valence-corrected chi connectivity index (χ3v) is 10.5. The highest BCUT2D eigenvalue weighted by molar-refractivity contribution is 9.10. The summed E-state index contributed by atoms with van der Waals surface area (Å²) in [5, 5.41) is 10.7. The van der Waals surface area contributed by atoms with Gasteiger partial charge in [-0.25, -0.2) is 0 Å². The predicted molar refractivity (Wildman–Crippen MR) is 169 cm³/mol. The smallest absolute Gasteiger partial charge is 0.225 e. The molecule has 1 aromatic heterocycles. The number of carbonyl (C=O) groups excluding carboxylic acids is 3. The Morgan fingerprint density at radius 1 is 0.952 bits per heavy atom. The number of carbonyl (C=O) groups is 3. The van der Waals surface area contributed by atoms with E-state index in [9.17, 15) is 19.5 Å². The number of hydrogen-bond donors (Lipinski definition) is 1. The summed E-state index contributed by atoms with van der Waals surface area (Å²) in [5.74, 6) is 0.724. The van der Waals surface area contributed by atoms with Crippen LogP contribution in [0.4, 0.5) is 0 Å². The number of pyridine rings is 1. The number of fused-ring (bicyclic) bond motifs is 2. The molecule has 3 aliphatic rings. The quantitative estimate of drug-likeness (QED) is 0.374. The van der Waals surface area contributed by atoms with Crippen LogP contribution < -0.4 is 0 Å². The first-order valence-corrected chi connectivity index (χ1v) is 16.9. The molecule has 0 bridgehead atoms. The molecule has 2 saturated heterocycles. The van der Waals surface area contributed by atoms with Gasteiger partial charge in [-0.15, -0.1) is 0 Å². The number of likely N-dealkylation sites (tertiary alicyclic amines) is 2. The largest absolute Gasteiger partial charge is 0.392 e. The van der Waals surface area contributed by atoms with Gasteiger partial charge in [-0.3, -0.25) is 19.4 Å². The van der Waals surface area contributed by atoms with Crippen molar-refractivity contribution in [2.45, 2.75) is 76.7 Å². The van der Waals surface area contributed by atoms with Crippen molar-refractivity contribution >= 4 is 61.1 Å². The van der Waals surface area contributed by atoms with Crippen LogP contribution >= 0.6 is 43.5 Å². The Hall–Kier alpha value is -1.81. The molecule has 5 rings (SSSR count). The topological polar surface area (TPSA) is 90.8 Å². The number of aromatic nitrogens is 1. The summed E-state index contributed by atoms with van der Waals surface area (Å²) in [6, 6.07) is 6.28. The maximum Gasteiger partial charge on any atom is 0.225 e. The summed E-state index contributed by atoms with van der Waals surface area (Å²) in [6.07, 6.45) is 6.69. The molecule has 1 N–H and O–H groups in total. The van der Waals surface area contributed by atoms with E-state index in [0.29, 0.717) is 25.4 Å². The van der Waals surface area contributed by atoms with Gasteiger partial charge in [-0.05, 0) is 108 Å². The maximum atomic E-state index is 13.3. The molecule has 2 aromatic rings. The molecule has 7 nitrogen and oxygen atoms in total. The number of benzene rings is 1. The van der Waals surface area contributed by atoms with Gasteiger partial charge in [0.1, 0.15) is 5.78 Å². The van der Waals surface area contributed by atoms with E-state index >= 15 is 0 Å². The lowest BCUT2D eigenvalue weighted by Crippen LogP contribution is -2.43. The van der Waals surface area contributed by atoms with Gasteiger partial charge >= 0.3 is 0 Å². The van der Waals surface area contributed by atoms with Crippen LogP contribution in [0, 0.1) is 11.8 Å². The van der Waals surface area contributed by atoms with Crippen molar-refractivity contribution in [1.82, 2.24) is 14.8 Å². The number of nitrogens with zero attached hydrogens (tertiary/aromatic N) is 3. The Morgan fingerprint density at radius 3 is 2.29 bits per heavy atom. The van der Waals surface area contributed by atoms with E-state index in [0.717, 1.165) is 71.3 Å². The summed E-state index contributed by atoms with van der Waals surface area (Å²) in [7, 11) is 0. The molecule has 1 unspecified atom stereocenters. The summed E-state index contributed by atoms with van der Waals surface area (Å²) < 4.78 is 2.02. The molecule has 226 valence electrons. The zero-order chi connectivity index (χ0) is 30.0. The van der Waals surface area contributed by atoms with Gasteiger partial charge < -0.3 is 14.9 Å². The minimum atomic E-state index is -0.922. The van der Waals surface area contributed by atoms with Crippen LogP contribution in [0.2, 0.25) is 5.02 Å². The van der Waals surface area contributed by atoms with Gasteiger partial charge in [0.2, 0.25) is 11.8 Å². The van der Waals surface area contributed by atoms with Crippen LogP contribution in [0.1, 0.15) is 80.2 Å². The van der Waals surface area contributed by atoms with Gasteiger partial charge in [-0.1, -0.05) is 27.5 Å². The average molecular weight is 724 g/mol. The maximum absolute atomic E-state index is 13.3. The molecule has 2 fully saturated rings. The number of ketones is 1. The first-order chi connectivity index (χ1) is 20.1. The number of aryl methyl sites for hydroxylation is 2. The molecule has 3 heterocycles. The van der Waals surface area contributed by atoms with Crippen molar-refractivity contribution in [1.29, 1.82) is 0 Å². The third-order valence-electron chi connectivity index (χ3n) is 9.14. The SMILES string of the molecule is CC(=O)CC(O)CC(=O)N1CCC(CC(=O)N2CCC([C@H]3c4ncc(Br)cc4CCc4cc(Cl)cc(Br)c43)CC2)CC1. The summed E-state index contributed by atoms with van der Waals surface area (Å²) in [5.41, 5.74) is 4.96. The molecule has 2 amide bonds. The Kier molecular flexibility index (Phi) is 10.4. The molecule has 0 spiro atoms. The second-order valence-corrected chi connectivity index (χ2v) is 14.4. The predicted octanol–water partition coefficient (Wildman–Crippen LogP) is 6.09. The monoisotopic (exact) mass is 721 g/mol. The Balaban J connectivity index is 1.19. The van der Waals surface area contributed by atoms with Gasteiger partial charge in [0.15, 0.2) is 0 Å². The minimum absolute atomic E-state index is 0.00703. The van der Waals surface area contributed by atoms with Crippen molar-refractivity contribution in [2.75, 3.05) is 26.2 Å². The molecular weight excluding hydrogens is 686 g/mol. The highest BCUT2D eigenvalue weighted by atomic mass is 79.9. The van der Waals surface area contributed by atoms with E-state index in [-0.39, 0.29) is 42.3 Å². The Bertz CT molecular complexity index is 1340. The molecular formula is C32H38Br2ClN3O4. The van der Waals surface area contributed by atoms with Crippen molar-refractivity contribution < 1.29 is 19.5 Å². The van der Waals surface area contributed by atoms with E-state index in [4.69, 9.17) is 16.6 Å². The number of Topliss-reactive ketones (excluding diaryl/α,β-unsaturated/α-hetero) is 1. The summed E-state index contributed by atoms with van der Waals surface area (Å²) in [4.78, 5) is 45.8. The zero-order valence-electron chi connectivity index (χ0n) is 24.0. The molecule has 42 heavy (non-hydrogen) atoms. The van der Waals surface area contributed by atoms with Crippen LogP contribution in [-0.4, -0.2) is 69.8 Å². The standard InChI is InChI=1S/C32H38Br2ClN3O4/c1-19(39)12-26(40)17-29(42)37-8-4-20(5-9-37)13-28(41)38-10-6-21(7-11-38)31-30-22(15-25(35)16-27(30)34)2-3-23-14-24(33)18-36-32(23)31/h14-16,18,20-21,26,31,40H,2-13,17H2,1H3/t26?,31-/m1/s1. The van der Waals surface area contributed by atoms with Gasteiger partial charge in [0.05, 0.1) is 18.2 Å². The fourth-order valence-corrected chi connectivity index (χ4v) is 8.51. The summed E-state index contributed by atoms with van der Waals surface area (Å²) >= 11 is 13.9. The van der Waals surface area contributed by atoms with Crippen molar-refractivity contribution in [2.24, 2.45) is 11.8 Å². The van der Waals surface area contributed by atoms with Crippen LogP contribution in [0.25, 0.3) is 0 Å². The molecule has 2 aliphatic heterocycles. The lowest BCUT2D eigenvalue weighted by Gasteiger charge is -2.38. The van der Waals surface area contributed by atoms with Crippen LogP contribution in [0.3, 0.4) is 0 Å². The minimum Gasteiger partial charge on any atom is -0.392 e. The fourth-order valence-electron chi connectivity index (χ4n) is 7.01. The van der Waals surface area contributed by atoms with Crippen molar-refractivity contribution in [3.63, 3.8) is 0 Å². The molecule has 0 radical (unpaired) electrons. The third kappa shape index (κ3) is 7.45. The lowest BCUT2D eigenvalue weighted by molar-refractivity contribution is -0.136. The molecule has 10 heteroatoms. The summed E-state index contributed by atoms with van der Waals surface area (Å²) in [6.45, 7) is 4.07. The molecule has 0 saturated carbocycles.